The zero-order chi connectivity index (χ0) is 7.56. The minimum absolute atomic E-state index is 0.293. The first-order valence-electron chi connectivity index (χ1n) is 3.06. The quantitative estimate of drug-likeness (QED) is 0.579. The Balaban J connectivity index is 3.05. The van der Waals surface area contributed by atoms with E-state index in [-0.39, 0.29) is 5.95 Å². The van der Waals surface area contributed by atoms with Crippen molar-refractivity contribution in [3.63, 3.8) is 0 Å². The van der Waals surface area contributed by atoms with Crippen molar-refractivity contribution in [2.75, 3.05) is 0 Å². The SMILES string of the molecule is C/C=C/c1cnn(C)c1F. The van der Waals surface area contributed by atoms with Gasteiger partial charge in [-0.3, -0.25) is 0 Å². The second-order valence-electron chi connectivity index (χ2n) is 2.01. The maximum Gasteiger partial charge on any atom is 0.218 e. The average molecular weight is 140 g/mol. The first kappa shape index (κ1) is 6.99. The summed E-state index contributed by atoms with van der Waals surface area (Å²) < 4.78 is 14.0. The number of aryl methyl sites for hydroxylation is 1. The van der Waals surface area contributed by atoms with Gasteiger partial charge in [0.15, 0.2) is 0 Å². The second kappa shape index (κ2) is 2.64. The molecule has 0 fully saturated rings. The molecule has 0 aliphatic heterocycles. The van der Waals surface area contributed by atoms with E-state index < -0.39 is 0 Å². The van der Waals surface area contributed by atoms with Gasteiger partial charge in [0.1, 0.15) is 0 Å². The van der Waals surface area contributed by atoms with Crippen LogP contribution in [0.15, 0.2) is 12.3 Å². The summed E-state index contributed by atoms with van der Waals surface area (Å²) in [7, 11) is 1.57. The van der Waals surface area contributed by atoms with Crippen LogP contribution in [0.3, 0.4) is 0 Å². The molecule has 0 amide bonds. The van der Waals surface area contributed by atoms with E-state index in [1.807, 2.05) is 6.92 Å². The molecule has 0 spiro atoms. The highest BCUT2D eigenvalue weighted by atomic mass is 19.1. The average Bonchev–Trinajstić information content (AvgIpc) is 2.20. The van der Waals surface area contributed by atoms with E-state index in [0.717, 1.165) is 0 Å². The maximum absolute atomic E-state index is 12.8. The summed E-state index contributed by atoms with van der Waals surface area (Å²) in [6.45, 7) is 1.84. The van der Waals surface area contributed by atoms with Crippen molar-refractivity contribution in [3.05, 3.63) is 23.8 Å². The Morgan fingerprint density at radius 1 is 1.70 bits per heavy atom. The molecule has 1 aromatic heterocycles. The van der Waals surface area contributed by atoms with Gasteiger partial charge < -0.3 is 0 Å². The van der Waals surface area contributed by atoms with Crippen molar-refractivity contribution in [3.8, 4) is 0 Å². The summed E-state index contributed by atoms with van der Waals surface area (Å²) >= 11 is 0. The zero-order valence-corrected chi connectivity index (χ0v) is 6.00. The van der Waals surface area contributed by atoms with Crippen LogP contribution in [-0.4, -0.2) is 9.78 Å². The molecule has 0 saturated carbocycles. The number of nitrogens with zero attached hydrogens (tertiary/aromatic N) is 2. The minimum atomic E-state index is -0.293. The van der Waals surface area contributed by atoms with Crippen molar-refractivity contribution >= 4 is 6.08 Å². The molecule has 0 aliphatic rings. The van der Waals surface area contributed by atoms with Gasteiger partial charge in [-0.05, 0) is 6.92 Å². The van der Waals surface area contributed by atoms with Crippen LogP contribution in [0.25, 0.3) is 6.08 Å². The lowest BCUT2D eigenvalue weighted by Crippen LogP contribution is -1.93. The fraction of sp³-hybridized carbons (Fsp3) is 0.286. The molecule has 1 heterocycles. The smallest absolute Gasteiger partial charge is 0.218 e. The molecule has 0 saturated heterocycles. The van der Waals surface area contributed by atoms with Crippen LogP contribution in [0.5, 0.6) is 0 Å². The molecule has 0 unspecified atom stereocenters. The molecule has 0 N–H and O–H groups in total. The summed E-state index contributed by atoms with van der Waals surface area (Å²) in [5, 5.41) is 3.73. The molecule has 0 aromatic carbocycles. The monoisotopic (exact) mass is 140 g/mol. The number of allylic oxidation sites excluding steroid dienone is 1. The van der Waals surface area contributed by atoms with Crippen molar-refractivity contribution < 1.29 is 4.39 Å². The standard InChI is InChI=1S/C7H9FN2/c1-3-4-6-5-9-10(2)7(6)8/h3-5H,1-2H3/b4-3+. The maximum atomic E-state index is 12.8. The van der Waals surface area contributed by atoms with Crippen molar-refractivity contribution in [1.29, 1.82) is 0 Å². The molecule has 0 aliphatic carbocycles. The highest BCUT2D eigenvalue weighted by Gasteiger charge is 2.01. The first-order chi connectivity index (χ1) is 4.75. The number of hydrogen-bond donors (Lipinski definition) is 0. The molecule has 3 heteroatoms. The Bertz CT molecular complexity index is 250. The fourth-order valence-electron chi connectivity index (χ4n) is 0.731. The molecule has 0 bridgehead atoms. The molecular formula is C7H9FN2. The number of rotatable bonds is 1. The van der Waals surface area contributed by atoms with Gasteiger partial charge in [0.2, 0.25) is 5.95 Å². The third kappa shape index (κ3) is 1.07. The number of hydrogen-bond acceptors (Lipinski definition) is 1. The van der Waals surface area contributed by atoms with Gasteiger partial charge in [0, 0.05) is 12.6 Å². The molecule has 2 nitrogen and oxygen atoms in total. The van der Waals surface area contributed by atoms with E-state index in [1.54, 1.807) is 19.2 Å². The van der Waals surface area contributed by atoms with Gasteiger partial charge in [-0.15, -0.1) is 0 Å². The van der Waals surface area contributed by atoms with Crippen molar-refractivity contribution in [1.82, 2.24) is 9.78 Å². The van der Waals surface area contributed by atoms with Gasteiger partial charge >= 0.3 is 0 Å². The van der Waals surface area contributed by atoms with E-state index in [4.69, 9.17) is 0 Å². The predicted molar refractivity (Wildman–Crippen MR) is 37.9 cm³/mol. The third-order valence-corrected chi connectivity index (χ3v) is 1.24. The van der Waals surface area contributed by atoms with Gasteiger partial charge in [-0.2, -0.15) is 9.49 Å². The van der Waals surface area contributed by atoms with E-state index >= 15 is 0 Å². The molecule has 10 heavy (non-hydrogen) atoms. The Morgan fingerprint density at radius 3 is 2.80 bits per heavy atom. The first-order valence-corrected chi connectivity index (χ1v) is 3.06. The highest BCUT2D eigenvalue weighted by molar-refractivity contribution is 5.46. The number of aromatic nitrogens is 2. The summed E-state index contributed by atoms with van der Waals surface area (Å²) in [4.78, 5) is 0. The van der Waals surface area contributed by atoms with Crippen LogP contribution < -0.4 is 0 Å². The molecule has 0 atom stereocenters. The van der Waals surface area contributed by atoms with Crippen molar-refractivity contribution in [2.45, 2.75) is 6.92 Å². The molecule has 54 valence electrons. The lowest BCUT2D eigenvalue weighted by atomic mass is 10.3. The van der Waals surface area contributed by atoms with E-state index in [2.05, 4.69) is 5.10 Å². The molecule has 1 aromatic rings. The van der Waals surface area contributed by atoms with Crippen molar-refractivity contribution in [2.24, 2.45) is 7.05 Å². The Morgan fingerprint density at radius 2 is 2.40 bits per heavy atom. The number of halogens is 1. The van der Waals surface area contributed by atoms with Gasteiger partial charge in [0.05, 0.1) is 6.20 Å². The molecule has 1 rings (SSSR count). The lowest BCUT2D eigenvalue weighted by Gasteiger charge is -1.87. The van der Waals surface area contributed by atoms with Crippen LogP contribution in [0, 0.1) is 5.95 Å². The van der Waals surface area contributed by atoms with Crippen LogP contribution >= 0.6 is 0 Å². The minimum Gasteiger partial charge on any atom is -0.242 e. The van der Waals surface area contributed by atoms with Crippen LogP contribution in [0.4, 0.5) is 4.39 Å². The lowest BCUT2D eigenvalue weighted by molar-refractivity contribution is 0.502. The summed E-state index contributed by atoms with van der Waals surface area (Å²) in [5.41, 5.74) is 0.532. The van der Waals surface area contributed by atoms with E-state index in [0.29, 0.717) is 5.56 Å². The third-order valence-electron chi connectivity index (χ3n) is 1.24. The van der Waals surface area contributed by atoms with E-state index in [9.17, 15) is 4.39 Å². The second-order valence-corrected chi connectivity index (χ2v) is 2.01. The molecule has 0 radical (unpaired) electrons. The summed E-state index contributed by atoms with van der Waals surface area (Å²) in [5.74, 6) is -0.293. The van der Waals surface area contributed by atoms with E-state index in [1.165, 1.54) is 10.9 Å². The van der Waals surface area contributed by atoms with Crippen LogP contribution in [0.1, 0.15) is 12.5 Å². The summed E-state index contributed by atoms with van der Waals surface area (Å²) in [6, 6.07) is 0. The van der Waals surface area contributed by atoms with Gasteiger partial charge in [-0.1, -0.05) is 12.2 Å². The topological polar surface area (TPSA) is 17.8 Å². The normalized spacial score (nSPS) is 11.1. The zero-order valence-electron chi connectivity index (χ0n) is 6.00. The highest BCUT2D eigenvalue weighted by Crippen LogP contribution is 2.05. The Hall–Kier alpha value is -1.12. The Labute approximate surface area is 59.0 Å². The van der Waals surface area contributed by atoms with Crippen LogP contribution in [-0.2, 0) is 7.05 Å². The fourth-order valence-corrected chi connectivity index (χ4v) is 0.731. The van der Waals surface area contributed by atoms with Crippen LogP contribution in [0.2, 0.25) is 0 Å². The predicted octanol–water partition coefficient (Wildman–Crippen LogP) is 1.59. The van der Waals surface area contributed by atoms with Gasteiger partial charge in [-0.25, -0.2) is 4.68 Å². The summed E-state index contributed by atoms with van der Waals surface area (Å²) in [6.07, 6.45) is 4.96. The largest absolute Gasteiger partial charge is 0.242 e. The van der Waals surface area contributed by atoms with Gasteiger partial charge in [0.25, 0.3) is 0 Å². The molecular weight excluding hydrogens is 131 g/mol. The Kier molecular flexibility index (Phi) is 1.85.